The van der Waals surface area contributed by atoms with Crippen molar-refractivity contribution in [2.75, 3.05) is 6.61 Å². The van der Waals surface area contributed by atoms with Crippen LogP contribution in [-0.4, -0.2) is 27.2 Å². The van der Waals surface area contributed by atoms with E-state index in [0.29, 0.717) is 27.7 Å². The Hall–Kier alpha value is -2.96. The zero-order chi connectivity index (χ0) is 21.7. The fraction of sp³-hybridized carbons (Fsp3) is 0.261. The van der Waals surface area contributed by atoms with Gasteiger partial charge in [-0.15, -0.1) is 0 Å². The summed E-state index contributed by atoms with van der Waals surface area (Å²) in [4.78, 5) is 30.5. The zero-order valence-electron chi connectivity index (χ0n) is 16.9. The summed E-state index contributed by atoms with van der Waals surface area (Å²) in [6, 6.07) is 16.3. The highest BCUT2D eigenvalue weighted by Crippen LogP contribution is 2.20. The molecular formula is C23H24ClN3O3. The molecule has 7 heteroatoms. The number of carbonyl (C=O) groups excluding carboxylic acids is 1. The van der Waals surface area contributed by atoms with Gasteiger partial charge in [-0.3, -0.25) is 14.2 Å². The van der Waals surface area contributed by atoms with Crippen molar-refractivity contribution in [1.82, 2.24) is 14.9 Å². The number of hydrogen-bond acceptors (Lipinski definition) is 4. The Balaban J connectivity index is 1.96. The Kier molecular flexibility index (Phi) is 7.03. The smallest absolute Gasteiger partial charge is 0.257 e. The highest BCUT2D eigenvalue weighted by atomic mass is 35.5. The molecule has 3 aromatic rings. The van der Waals surface area contributed by atoms with Crippen LogP contribution in [-0.2, 0) is 17.8 Å². The van der Waals surface area contributed by atoms with Crippen LogP contribution in [0.3, 0.4) is 0 Å². The number of amides is 1. The van der Waals surface area contributed by atoms with Gasteiger partial charge in [0.25, 0.3) is 5.56 Å². The molecule has 156 valence electrons. The van der Waals surface area contributed by atoms with Gasteiger partial charge in [-0.05, 0) is 43.7 Å². The molecule has 1 unspecified atom stereocenters. The van der Waals surface area contributed by atoms with Crippen molar-refractivity contribution in [2.24, 2.45) is 0 Å². The summed E-state index contributed by atoms with van der Waals surface area (Å²) in [5.41, 5.74) is 2.26. The van der Waals surface area contributed by atoms with Crippen molar-refractivity contribution in [3.63, 3.8) is 0 Å². The molecule has 0 spiro atoms. The van der Waals surface area contributed by atoms with Gasteiger partial charge in [-0.2, -0.15) is 0 Å². The fourth-order valence-corrected chi connectivity index (χ4v) is 3.45. The SMILES string of the molecule is Cc1nc(-c2ccc(Cl)cc2)n(CC(=O)NC(C)c2ccccc2)c(=O)c1CCO. The number of aliphatic hydroxyl groups is 1. The van der Waals surface area contributed by atoms with Crippen LogP contribution in [0.1, 0.15) is 29.8 Å². The highest BCUT2D eigenvalue weighted by molar-refractivity contribution is 6.30. The third kappa shape index (κ3) is 4.96. The Labute approximate surface area is 180 Å². The molecule has 1 heterocycles. The minimum absolute atomic E-state index is 0.171. The Morgan fingerprint density at radius 2 is 1.83 bits per heavy atom. The average Bonchev–Trinajstić information content (AvgIpc) is 2.74. The molecule has 30 heavy (non-hydrogen) atoms. The van der Waals surface area contributed by atoms with E-state index in [2.05, 4.69) is 10.3 Å². The molecule has 0 aliphatic heterocycles. The first-order chi connectivity index (χ1) is 14.4. The minimum Gasteiger partial charge on any atom is -0.396 e. The lowest BCUT2D eigenvalue weighted by atomic mass is 10.1. The van der Waals surface area contributed by atoms with E-state index < -0.39 is 0 Å². The molecule has 0 aliphatic carbocycles. The summed E-state index contributed by atoms with van der Waals surface area (Å²) in [5, 5.41) is 12.8. The second-order valence-corrected chi connectivity index (χ2v) is 7.51. The van der Waals surface area contributed by atoms with Crippen molar-refractivity contribution in [3.8, 4) is 11.4 Å². The number of carbonyl (C=O) groups is 1. The summed E-state index contributed by atoms with van der Waals surface area (Å²) >= 11 is 5.99. The molecule has 0 radical (unpaired) electrons. The average molecular weight is 426 g/mol. The molecule has 2 aromatic carbocycles. The van der Waals surface area contributed by atoms with E-state index in [-0.39, 0.29) is 37.1 Å². The van der Waals surface area contributed by atoms with E-state index in [1.807, 2.05) is 37.3 Å². The van der Waals surface area contributed by atoms with Gasteiger partial charge in [0.2, 0.25) is 5.91 Å². The number of benzene rings is 2. The van der Waals surface area contributed by atoms with Crippen molar-refractivity contribution < 1.29 is 9.90 Å². The zero-order valence-corrected chi connectivity index (χ0v) is 17.7. The van der Waals surface area contributed by atoms with Gasteiger partial charge in [0.15, 0.2) is 0 Å². The molecule has 0 aliphatic rings. The first-order valence-electron chi connectivity index (χ1n) is 9.72. The van der Waals surface area contributed by atoms with Crippen molar-refractivity contribution in [3.05, 3.63) is 86.8 Å². The second-order valence-electron chi connectivity index (χ2n) is 7.07. The fourth-order valence-electron chi connectivity index (χ4n) is 3.32. The van der Waals surface area contributed by atoms with Gasteiger partial charge in [0, 0.05) is 34.9 Å². The van der Waals surface area contributed by atoms with E-state index in [1.54, 1.807) is 31.2 Å². The molecule has 1 atom stereocenters. The molecule has 1 aromatic heterocycles. The van der Waals surface area contributed by atoms with E-state index in [0.717, 1.165) is 5.56 Å². The summed E-state index contributed by atoms with van der Waals surface area (Å²) in [6.45, 7) is 3.27. The van der Waals surface area contributed by atoms with Crippen molar-refractivity contribution >= 4 is 17.5 Å². The first kappa shape index (κ1) is 21.7. The van der Waals surface area contributed by atoms with Crippen LogP contribution in [0.5, 0.6) is 0 Å². The number of halogens is 1. The van der Waals surface area contributed by atoms with Crippen molar-refractivity contribution in [1.29, 1.82) is 0 Å². The van der Waals surface area contributed by atoms with Gasteiger partial charge < -0.3 is 10.4 Å². The van der Waals surface area contributed by atoms with E-state index in [1.165, 1.54) is 4.57 Å². The number of nitrogens with zero attached hydrogens (tertiary/aromatic N) is 2. The second kappa shape index (κ2) is 9.69. The maximum absolute atomic E-state index is 13.1. The van der Waals surface area contributed by atoms with Crippen LogP contribution in [0.2, 0.25) is 5.02 Å². The number of aryl methyl sites for hydroxylation is 1. The molecule has 3 rings (SSSR count). The Morgan fingerprint density at radius 1 is 1.17 bits per heavy atom. The Bertz CT molecular complexity index is 1080. The number of hydrogen-bond donors (Lipinski definition) is 2. The number of nitrogens with one attached hydrogen (secondary N) is 1. The molecular weight excluding hydrogens is 402 g/mol. The number of aliphatic hydroxyl groups excluding tert-OH is 1. The van der Waals surface area contributed by atoms with Gasteiger partial charge in [0.1, 0.15) is 12.4 Å². The monoisotopic (exact) mass is 425 g/mol. The standard InChI is InChI=1S/C23H24ClN3O3/c1-15(17-6-4-3-5-7-17)25-21(29)14-27-22(18-8-10-19(24)11-9-18)26-16(2)20(12-13-28)23(27)30/h3-11,15,28H,12-14H2,1-2H3,(H,25,29). The molecule has 0 saturated carbocycles. The van der Waals surface area contributed by atoms with E-state index in [4.69, 9.17) is 11.6 Å². The molecule has 0 fully saturated rings. The largest absolute Gasteiger partial charge is 0.396 e. The predicted octanol–water partition coefficient (Wildman–Crippen LogP) is 3.28. The molecule has 2 N–H and O–H groups in total. The molecule has 1 amide bonds. The Morgan fingerprint density at radius 3 is 2.47 bits per heavy atom. The normalized spacial score (nSPS) is 11.9. The van der Waals surface area contributed by atoms with Gasteiger partial charge in [-0.25, -0.2) is 4.98 Å². The third-order valence-electron chi connectivity index (χ3n) is 4.91. The van der Waals surface area contributed by atoms with Crippen LogP contribution in [0, 0.1) is 6.92 Å². The first-order valence-corrected chi connectivity index (χ1v) is 10.1. The lowest BCUT2D eigenvalue weighted by Gasteiger charge is -2.18. The summed E-state index contributed by atoms with van der Waals surface area (Å²) in [6.07, 6.45) is 0.181. The minimum atomic E-state index is -0.330. The summed E-state index contributed by atoms with van der Waals surface area (Å²) in [7, 11) is 0. The van der Waals surface area contributed by atoms with Crippen LogP contribution < -0.4 is 10.9 Å². The molecule has 0 bridgehead atoms. The van der Waals surface area contributed by atoms with Crippen LogP contribution in [0.4, 0.5) is 0 Å². The lowest BCUT2D eigenvalue weighted by molar-refractivity contribution is -0.122. The third-order valence-corrected chi connectivity index (χ3v) is 5.16. The molecule has 0 saturated heterocycles. The maximum Gasteiger partial charge on any atom is 0.257 e. The van der Waals surface area contributed by atoms with Crippen molar-refractivity contribution in [2.45, 2.75) is 32.9 Å². The van der Waals surface area contributed by atoms with Gasteiger partial charge in [0.05, 0.1) is 6.04 Å². The maximum atomic E-state index is 13.1. The van der Waals surface area contributed by atoms with E-state index >= 15 is 0 Å². The van der Waals surface area contributed by atoms with Crippen LogP contribution in [0.25, 0.3) is 11.4 Å². The lowest BCUT2D eigenvalue weighted by Crippen LogP contribution is -2.36. The number of rotatable bonds is 7. The predicted molar refractivity (Wildman–Crippen MR) is 117 cm³/mol. The topological polar surface area (TPSA) is 84.2 Å². The van der Waals surface area contributed by atoms with Crippen LogP contribution in [0.15, 0.2) is 59.4 Å². The number of aromatic nitrogens is 2. The summed E-state index contributed by atoms with van der Waals surface area (Å²) in [5.74, 6) is 0.0858. The quantitative estimate of drug-likeness (QED) is 0.608. The van der Waals surface area contributed by atoms with Gasteiger partial charge >= 0.3 is 0 Å². The van der Waals surface area contributed by atoms with Gasteiger partial charge in [-0.1, -0.05) is 41.9 Å². The summed E-state index contributed by atoms with van der Waals surface area (Å²) < 4.78 is 1.36. The highest BCUT2D eigenvalue weighted by Gasteiger charge is 2.18. The molecule has 6 nitrogen and oxygen atoms in total. The van der Waals surface area contributed by atoms with Crippen LogP contribution >= 0.6 is 11.6 Å². The van der Waals surface area contributed by atoms with E-state index in [9.17, 15) is 14.7 Å².